The summed E-state index contributed by atoms with van der Waals surface area (Å²) in [6.45, 7) is 0.174. The number of hydrogen-bond acceptors (Lipinski definition) is 4. The van der Waals surface area contributed by atoms with Crippen molar-refractivity contribution < 1.29 is 13.2 Å². The van der Waals surface area contributed by atoms with E-state index >= 15 is 0 Å². The minimum absolute atomic E-state index is 0.226. The average molecular weight is 461 g/mol. The number of sulfonamides is 1. The Labute approximate surface area is 180 Å². The lowest BCUT2D eigenvalue weighted by molar-refractivity contribution is -0.119. The maximum Gasteiger partial charge on any atom is 0.240 e. The Kier molecular flexibility index (Phi) is 8.95. The van der Waals surface area contributed by atoms with E-state index in [1.165, 1.54) is 23.8 Å². The Hall–Kier alpha value is -1.41. The number of carbonyl (C=O) groups excluding carboxylic acids is 1. The first-order valence-corrected chi connectivity index (χ1v) is 12.3. The third-order valence-corrected chi connectivity index (χ3v) is 6.77. The quantitative estimate of drug-likeness (QED) is 0.539. The fourth-order valence-corrected chi connectivity index (χ4v) is 4.45. The zero-order chi connectivity index (χ0) is 20.6. The van der Waals surface area contributed by atoms with Gasteiger partial charge >= 0.3 is 0 Å². The predicted molar refractivity (Wildman–Crippen MR) is 119 cm³/mol. The van der Waals surface area contributed by atoms with Gasteiger partial charge in [-0.1, -0.05) is 53.5 Å². The fourth-order valence-electron chi connectivity index (χ4n) is 2.39. The van der Waals surface area contributed by atoms with Crippen molar-refractivity contribution in [3.8, 4) is 0 Å². The highest BCUT2D eigenvalue weighted by Gasteiger charge is 2.21. The fraction of sp³-hybridized carbons (Fsp3) is 0.316. The Balaban J connectivity index is 1.79. The Morgan fingerprint density at radius 2 is 1.82 bits per heavy atom. The third kappa shape index (κ3) is 7.54. The van der Waals surface area contributed by atoms with E-state index in [0.29, 0.717) is 17.3 Å². The van der Waals surface area contributed by atoms with Crippen molar-refractivity contribution in [2.45, 2.75) is 12.2 Å². The number of hydrogen-bond donors (Lipinski definition) is 1. The molecule has 0 aromatic heterocycles. The van der Waals surface area contributed by atoms with Crippen LogP contribution in [0.4, 0.5) is 5.69 Å². The molecule has 0 aliphatic rings. The second-order valence-electron chi connectivity index (χ2n) is 6.11. The summed E-state index contributed by atoms with van der Waals surface area (Å²) in [6.07, 6.45) is 1.85. The van der Waals surface area contributed by atoms with Crippen LogP contribution in [0.1, 0.15) is 12.0 Å². The van der Waals surface area contributed by atoms with Gasteiger partial charge in [0.2, 0.25) is 15.9 Å². The molecule has 0 heterocycles. The third-order valence-electron chi connectivity index (χ3n) is 3.78. The van der Waals surface area contributed by atoms with Crippen molar-refractivity contribution in [3.63, 3.8) is 0 Å². The minimum atomic E-state index is -3.65. The van der Waals surface area contributed by atoms with Crippen LogP contribution < -0.4 is 9.62 Å². The van der Waals surface area contributed by atoms with Crippen LogP contribution in [0.3, 0.4) is 0 Å². The zero-order valence-corrected chi connectivity index (χ0v) is 18.5. The topological polar surface area (TPSA) is 66.5 Å². The first-order valence-electron chi connectivity index (χ1n) is 8.58. The maximum atomic E-state index is 12.2. The summed E-state index contributed by atoms with van der Waals surface area (Å²) in [5, 5.41) is 3.30. The van der Waals surface area contributed by atoms with E-state index in [-0.39, 0.29) is 17.5 Å². The molecule has 0 spiro atoms. The molecule has 0 atom stereocenters. The average Bonchev–Trinajstić information content (AvgIpc) is 2.65. The van der Waals surface area contributed by atoms with Crippen molar-refractivity contribution in [2.24, 2.45) is 0 Å². The lowest BCUT2D eigenvalue weighted by Gasteiger charge is -2.22. The number of anilines is 1. The van der Waals surface area contributed by atoms with E-state index in [0.717, 1.165) is 28.5 Å². The number of halogens is 2. The molecule has 0 aliphatic heterocycles. The highest BCUT2D eigenvalue weighted by molar-refractivity contribution is 7.98. The van der Waals surface area contributed by atoms with Crippen molar-refractivity contribution in [1.29, 1.82) is 0 Å². The second kappa shape index (κ2) is 11.0. The molecule has 0 unspecified atom stereocenters. The van der Waals surface area contributed by atoms with E-state index in [1.807, 2.05) is 18.2 Å². The molecule has 28 heavy (non-hydrogen) atoms. The SMILES string of the molecule is CS(=O)(=O)N(CC(=O)NCCCSCc1ccccc1)c1ccc(Cl)c(Cl)c1. The molecule has 0 fully saturated rings. The number of thioether (sulfide) groups is 1. The van der Waals surface area contributed by atoms with Crippen molar-refractivity contribution in [3.05, 3.63) is 64.1 Å². The molecule has 2 rings (SSSR count). The minimum Gasteiger partial charge on any atom is -0.354 e. The number of carbonyl (C=O) groups is 1. The van der Waals surface area contributed by atoms with E-state index in [4.69, 9.17) is 23.2 Å². The van der Waals surface area contributed by atoms with Gasteiger partial charge in [0.1, 0.15) is 6.54 Å². The monoisotopic (exact) mass is 460 g/mol. The molecule has 0 bridgehead atoms. The molecule has 0 saturated heterocycles. The molecule has 0 radical (unpaired) electrons. The summed E-state index contributed by atoms with van der Waals surface area (Å²) < 4.78 is 25.2. The van der Waals surface area contributed by atoms with Gasteiger partial charge in [0, 0.05) is 12.3 Å². The second-order valence-corrected chi connectivity index (χ2v) is 9.94. The normalized spacial score (nSPS) is 11.2. The molecule has 1 amide bonds. The highest BCUT2D eigenvalue weighted by Crippen LogP contribution is 2.28. The molecule has 0 saturated carbocycles. The standard InChI is InChI=1S/C19H22Cl2N2O3S2/c1-28(25,26)23(16-8-9-17(20)18(21)12-16)13-19(24)22-10-5-11-27-14-15-6-3-2-4-7-15/h2-4,6-9,12H,5,10-11,13-14H2,1H3,(H,22,24). The number of nitrogens with zero attached hydrogens (tertiary/aromatic N) is 1. The molecule has 5 nitrogen and oxygen atoms in total. The van der Waals surface area contributed by atoms with Crippen molar-refractivity contribution >= 4 is 56.6 Å². The van der Waals surface area contributed by atoms with E-state index < -0.39 is 10.0 Å². The van der Waals surface area contributed by atoms with Crippen LogP contribution in [0.25, 0.3) is 0 Å². The summed E-state index contributed by atoms with van der Waals surface area (Å²) in [7, 11) is -3.65. The Morgan fingerprint density at radius 3 is 2.46 bits per heavy atom. The van der Waals surface area contributed by atoms with Crippen LogP contribution in [-0.2, 0) is 20.6 Å². The first kappa shape index (κ1) is 22.9. The van der Waals surface area contributed by atoms with Crippen LogP contribution in [0.5, 0.6) is 0 Å². The van der Waals surface area contributed by atoms with Crippen LogP contribution in [0.15, 0.2) is 48.5 Å². The largest absolute Gasteiger partial charge is 0.354 e. The molecule has 2 aromatic carbocycles. The summed E-state index contributed by atoms with van der Waals surface area (Å²) in [5.74, 6) is 1.45. The van der Waals surface area contributed by atoms with Crippen molar-refractivity contribution in [1.82, 2.24) is 5.32 Å². The van der Waals surface area contributed by atoms with Crippen LogP contribution in [0.2, 0.25) is 10.0 Å². The highest BCUT2D eigenvalue weighted by atomic mass is 35.5. The summed E-state index contributed by atoms with van der Waals surface area (Å²) in [4.78, 5) is 12.2. The van der Waals surface area contributed by atoms with Gasteiger partial charge in [-0.05, 0) is 35.9 Å². The van der Waals surface area contributed by atoms with Gasteiger partial charge in [-0.2, -0.15) is 11.8 Å². The van der Waals surface area contributed by atoms with E-state index in [2.05, 4.69) is 17.4 Å². The molecule has 152 valence electrons. The van der Waals surface area contributed by atoms with Crippen LogP contribution in [-0.4, -0.2) is 39.4 Å². The molecule has 0 aliphatic carbocycles. The lowest BCUT2D eigenvalue weighted by Crippen LogP contribution is -2.40. The predicted octanol–water partition coefficient (Wildman–Crippen LogP) is 4.20. The van der Waals surface area contributed by atoms with Gasteiger partial charge in [0.25, 0.3) is 0 Å². The Morgan fingerprint density at radius 1 is 1.11 bits per heavy atom. The number of nitrogens with one attached hydrogen (secondary N) is 1. The summed E-state index contributed by atoms with van der Waals surface area (Å²) in [6, 6.07) is 14.6. The van der Waals surface area contributed by atoms with Gasteiger partial charge in [-0.3, -0.25) is 9.10 Å². The lowest BCUT2D eigenvalue weighted by atomic mass is 10.2. The zero-order valence-electron chi connectivity index (χ0n) is 15.4. The summed E-state index contributed by atoms with van der Waals surface area (Å²) in [5.41, 5.74) is 1.56. The number of rotatable bonds is 10. The smallest absolute Gasteiger partial charge is 0.240 e. The van der Waals surface area contributed by atoms with Gasteiger partial charge in [0.05, 0.1) is 22.0 Å². The number of amides is 1. The van der Waals surface area contributed by atoms with Gasteiger partial charge in [-0.25, -0.2) is 8.42 Å². The van der Waals surface area contributed by atoms with E-state index in [1.54, 1.807) is 11.8 Å². The van der Waals surface area contributed by atoms with E-state index in [9.17, 15) is 13.2 Å². The van der Waals surface area contributed by atoms with Crippen molar-refractivity contribution in [2.75, 3.05) is 29.4 Å². The van der Waals surface area contributed by atoms with Gasteiger partial charge in [0.15, 0.2) is 0 Å². The summed E-state index contributed by atoms with van der Waals surface area (Å²) >= 11 is 13.6. The molecular weight excluding hydrogens is 439 g/mol. The van der Waals surface area contributed by atoms with Crippen LogP contribution >= 0.6 is 35.0 Å². The van der Waals surface area contributed by atoms with Gasteiger partial charge in [-0.15, -0.1) is 0 Å². The maximum absolute atomic E-state index is 12.2. The molecular formula is C19H22Cl2N2O3S2. The van der Waals surface area contributed by atoms with Crippen LogP contribution in [0, 0.1) is 0 Å². The van der Waals surface area contributed by atoms with Gasteiger partial charge < -0.3 is 5.32 Å². The Bertz CT molecular complexity index is 893. The molecule has 9 heteroatoms. The molecule has 2 aromatic rings. The first-order chi connectivity index (χ1) is 13.3. The number of benzene rings is 2. The molecule has 1 N–H and O–H groups in total.